The van der Waals surface area contributed by atoms with Crippen molar-refractivity contribution >= 4 is 21.4 Å². The zero-order chi connectivity index (χ0) is 14.8. The first-order valence-corrected chi connectivity index (χ1v) is 7.77. The number of aryl methyl sites for hydroxylation is 1. The van der Waals surface area contributed by atoms with Gasteiger partial charge in [-0.25, -0.2) is 13.6 Å². The van der Waals surface area contributed by atoms with Crippen molar-refractivity contribution in [3.05, 3.63) is 23.8 Å². The van der Waals surface area contributed by atoms with Gasteiger partial charge in [0, 0.05) is 17.9 Å². The maximum Gasteiger partial charge on any atom is 0.206 e. The molecule has 0 atom stereocenters. The molecule has 0 saturated heterocycles. The van der Waals surface area contributed by atoms with E-state index in [1.54, 1.807) is 0 Å². The zero-order valence-electron chi connectivity index (χ0n) is 11.8. The van der Waals surface area contributed by atoms with E-state index < -0.39 is 10.0 Å². The van der Waals surface area contributed by atoms with Crippen molar-refractivity contribution in [2.24, 2.45) is 5.14 Å². The van der Waals surface area contributed by atoms with Gasteiger partial charge in [-0.3, -0.25) is 0 Å². The minimum atomic E-state index is -3.17. The fraction of sp³-hybridized carbons (Fsp3) is 0.500. The number of primary sulfonamides is 1. The van der Waals surface area contributed by atoms with E-state index >= 15 is 0 Å². The third-order valence-electron chi connectivity index (χ3n) is 1.65. The smallest absolute Gasteiger partial charge is 0.206 e. The molecule has 0 heterocycles. The molecule has 6 heteroatoms. The molecule has 106 valence electrons. The van der Waals surface area contributed by atoms with Crippen molar-refractivity contribution in [1.29, 1.82) is 0 Å². The van der Waals surface area contributed by atoms with E-state index in [9.17, 15) is 8.42 Å². The van der Waals surface area contributed by atoms with Crippen molar-refractivity contribution in [3.63, 3.8) is 0 Å². The molecule has 18 heavy (non-hydrogen) atoms. The van der Waals surface area contributed by atoms with E-state index in [2.05, 4.69) is 23.4 Å². The number of nitrogens with two attached hydrogens (primary N) is 2. The SMILES string of the molecule is CC.CCNc1ccc(N)c(C)c1.CS(N)(=O)=O. The lowest BCUT2D eigenvalue weighted by atomic mass is 10.2. The second-order valence-corrected chi connectivity index (χ2v) is 5.09. The van der Waals surface area contributed by atoms with Crippen LogP contribution in [0.15, 0.2) is 18.2 Å². The Morgan fingerprint density at radius 1 is 1.28 bits per heavy atom. The van der Waals surface area contributed by atoms with E-state index in [0.29, 0.717) is 0 Å². The number of hydrogen-bond donors (Lipinski definition) is 3. The number of rotatable bonds is 2. The van der Waals surface area contributed by atoms with Crippen molar-refractivity contribution < 1.29 is 8.42 Å². The molecule has 0 bridgehead atoms. The van der Waals surface area contributed by atoms with Crippen LogP contribution < -0.4 is 16.2 Å². The molecule has 0 saturated carbocycles. The average molecular weight is 275 g/mol. The van der Waals surface area contributed by atoms with Crippen LogP contribution in [0.3, 0.4) is 0 Å². The minimum Gasteiger partial charge on any atom is -0.399 e. The number of nitrogen functional groups attached to an aromatic ring is 1. The molecule has 1 rings (SSSR count). The molecule has 1 aromatic rings. The van der Waals surface area contributed by atoms with E-state index in [4.69, 9.17) is 5.73 Å². The second-order valence-electron chi connectivity index (χ2n) is 3.43. The topological polar surface area (TPSA) is 98.2 Å². The maximum atomic E-state index is 9.41. The summed E-state index contributed by atoms with van der Waals surface area (Å²) in [4.78, 5) is 0. The van der Waals surface area contributed by atoms with Gasteiger partial charge in [-0.15, -0.1) is 0 Å². The van der Waals surface area contributed by atoms with Crippen LogP contribution in [0.1, 0.15) is 26.3 Å². The van der Waals surface area contributed by atoms with Gasteiger partial charge in [-0.2, -0.15) is 0 Å². The van der Waals surface area contributed by atoms with Crippen molar-refractivity contribution in [2.75, 3.05) is 23.9 Å². The Kier molecular flexibility index (Phi) is 10.3. The van der Waals surface area contributed by atoms with Crippen LogP contribution in [0, 0.1) is 6.92 Å². The second kappa shape index (κ2) is 9.73. The molecule has 0 aliphatic carbocycles. The van der Waals surface area contributed by atoms with E-state index in [1.165, 1.54) is 0 Å². The summed E-state index contributed by atoms with van der Waals surface area (Å²) in [7, 11) is -3.17. The Hall–Kier alpha value is -1.27. The Morgan fingerprint density at radius 3 is 2.06 bits per heavy atom. The molecule has 0 aliphatic heterocycles. The van der Waals surface area contributed by atoms with Gasteiger partial charge in [-0.05, 0) is 37.6 Å². The molecule has 0 aliphatic rings. The Labute approximate surface area is 111 Å². The first-order valence-electron chi connectivity index (χ1n) is 5.81. The van der Waals surface area contributed by atoms with Gasteiger partial charge in [-0.1, -0.05) is 13.8 Å². The summed E-state index contributed by atoms with van der Waals surface area (Å²) in [5.41, 5.74) is 8.78. The highest BCUT2D eigenvalue weighted by Gasteiger charge is 1.93. The quantitative estimate of drug-likeness (QED) is 0.718. The highest BCUT2D eigenvalue weighted by molar-refractivity contribution is 7.88. The lowest BCUT2D eigenvalue weighted by Crippen LogP contribution is -2.07. The average Bonchev–Trinajstić information content (AvgIpc) is 2.25. The predicted octanol–water partition coefficient (Wildman–Crippen LogP) is 1.94. The molecular formula is C12H25N3O2S. The van der Waals surface area contributed by atoms with Gasteiger partial charge in [0.2, 0.25) is 10.0 Å². The zero-order valence-corrected chi connectivity index (χ0v) is 12.6. The predicted molar refractivity (Wildman–Crippen MR) is 80.1 cm³/mol. The van der Waals surface area contributed by atoms with Crippen LogP contribution in [0.5, 0.6) is 0 Å². The summed E-state index contributed by atoms with van der Waals surface area (Å²) < 4.78 is 18.8. The van der Waals surface area contributed by atoms with Gasteiger partial charge in [0.05, 0.1) is 6.26 Å². The van der Waals surface area contributed by atoms with E-state index in [0.717, 1.165) is 29.7 Å². The number of nitrogens with one attached hydrogen (secondary N) is 1. The van der Waals surface area contributed by atoms with Gasteiger partial charge < -0.3 is 11.1 Å². The highest BCUT2D eigenvalue weighted by atomic mass is 32.2. The van der Waals surface area contributed by atoms with Crippen LogP contribution in [0.2, 0.25) is 0 Å². The summed E-state index contributed by atoms with van der Waals surface area (Å²) in [6.45, 7) is 9.03. The van der Waals surface area contributed by atoms with Crippen LogP contribution in [0.25, 0.3) is 0 Å². The fourth-order valence-corrected chi connectivity index (χ4v) is 0.990. The van der Waals surface area contributed by atoms with E-state index in [1.807, 2.05) is 32.9 Å². The number of anilines is 2. The third kappa shape index (κ3) is 12.8. The number of benzene rings is 1. The summed E-state index contributed by atoms with van der Waals surface area (Å²) in [5, 5.41) is 7.55. The highest BCUT2D eigenvalue weighted by Crippen LogP contribution is 2.15. The molecular weight excluding hydrogens is 250 g/mol. The minimum absolute atomic E-state index is 0.853. The van der Waals surface area contributed by atoms with Crippen LogP contribution in [0.4, 0.5) is 11.4 Å². The molecule has 0 aromatic heterocycles. The summed E-state index contributed by atoms with van der Waals surface area (Å²) in [6.07, 6.45) is 0.938. The van der Waals surface area contributed by atoms with Crippen LogP contribution in [-0.4, -0.2) is 21.2 Å². The maximum absolute atomic E-state index is 9.41. The normalized spacial score (nSPS) is 9.44. The first-order chi connectivity index (χ1) is 8.24. The molecule has 5 nitrogen and oxygen atoms in total. The summed E-state index contributed by atoms with van der Waals surface area (Å²) in [5.74, 6) is 0. The fourth-order valence-electron chi connectivity index (χ4n) is 0.990. The Morgan fingerprint density at radius 2 is 1.72 bits per heavy atom. The summed E-state index contributed by atoms with van der Waals surface area (Å²) in [6, 6.07) is 5.97. The van der Waals surface area contributed by atoms with Gasteiger partial charge in [0.1, 0.15) is 0 Å². The lowest BCUT2D eigenvalue weighted by Gasteiger charge is -2.05. The number of hydrogen-bond acceptors (Lipinski definition) is 4. The molecule has 0 spiro atoms. The Bertz CT molecular complexity index is 423. The lowest BCUT2D eigenvalue weighted by molar-refractivity contribution is 0.603. The molecule has 0 fully saturated rings. The molecule has 5 N–H and O–H groups in total. The van der Waals surface area contributed by atoms with Crippen molar-refractivity contribution in [3.8, 4) is 0 Å². The molecule has 0 unspecified atom stereocenters. The van der Waals surface area contributed by atoms with Gasteiger partial charge >= 0.3 is 0 Å². The standard InChI is InChI=1S/C9H14N2.C2H6.CH5NO2S/c1-3-11-8-4-5-9(10)7(2)6-8;1-2;1-5(2,3)4/h4-6,11H,3,10H2,1-2H3;1-2H3;1H3,(H2,2,3,4). The van der Waals surface area contributed by atoms with Gasteiger partial charge in [0.25, 0.3) is 0 Å². The number of sulfonamides is 1. The van der Waals surface area contributed by atoms with Crippen molar-refractivity contribution in [2.45, 2.75) is 27.7 Å². The first kappa shape index (κ1) is 19.1. The monoisotopic (exact) mass is 275 g/mol. The largest absolute Gasteiger partial charge is 0.399 e. The van der Waals surface area contributed by atoms with Crippen LogP contribution >= 0.6 is 0 Å². The van der Waals surface area contributed by atoms with Gasteiger partial charge in [0.15, 0.2) is 0 Å². The third-order valence-corrected chi connectivity index (χ3v) is 1.65. The molecule has 0 radical (unpaired) electrons. The summed E-state index contributed by atoms with van der Waals surface area (Å²) >= 11 is 0. The van der Waals surface area contributed by atoms with E-state index in [-0.39, 0.29) is 0 Å². The van der Waals surface area contributed by atoms with Crippen LogP contribution in [-0.2, 0) is 10.0 Å². The molecule has 1 aromatic carbocycles. The molecule has 0 amide bonds. The Balaban J connectivity index is 0. The van der Waals surface area contributed by atoms with Crippen molar-refractivity contribution in [1.82, 2.24) is 0 Å².